The van der Waals surface area contributed by atoms with E-state index in [-0.39, 0.29) is 6.61 Å². The van der Waals surface area contributed by atoms with Crippen molar-refractivity contribution in [3.05, 3.63) is 16.3 Å². The zero-order valence-corrected chi connectivity index (χ0v) is 10.5. The van der Waals surface area contributed by atoms with E-state index in [2.05, 4.69) is 15.5 Å². The Hall–Kier alpha value is -1.40. The molecule has 7 heteroatoms. The molecule has 6 nitrogen and oxygen atoms in total. The molecule has 0 aliphatic carbocycles. The van der Waals surface area contributed by atoms with Crippen LogP contribution in [0.3, 0.4) is 0 Å². The quantitative estimate of drug-likeness (QED) is 0.732. The van der Waals surface area contributed by atoms with Gasteiger partial charge in [-0.15, -0.1) is 10.2 Å². The Bertz CT molecular complexity index is 412. The van der Waals surface area contributed by atoms with Gasteiger partial charge in [-0.25, -0.2) is 0 Å². The van der Waals surface area contributed by atoms with Crippen LogP contribution in [-0.2, 0) is 9.53 Å². The van der Waals surface area contributed by atoms with Gasteiger partial charge < -0.3 is 15.8 Å². The molecule has 17 heavy (non-hydrogen) atoms. The Kier molecular flexibility index (Phi) is 5.11. The summed E-state index contributed by atoms with van der Waals surface area (Å²) in [5.74, 6) is 0.179. The molecule has 1 aromatic rings. The molecule has 1 aromatic heterocycles. The predicted molar refractivity (Wildman–Crippen MR) is 65.0 cm³/mol. The number of nitrogens with two attached hydrogens (primary N) is 1. The third-order valence-corrected chi connectivity index (χ3v) is 2.61. The molecular formula is C10H15ClN4O2. The fraction of sp³-hybridized carbons (Fsp3) is 0.500. The molecule has 0 aliphatic heterocycles. The van der Waals surface area contributed by atoms with Crippen molar-refractivity contribution in [3.8, 4) is 0 Å². The molecule has 0 atom stereocenters. The van der Waals surface area contributed by atoms with E-state index < -0.39 is 5.91 Å². The van der Waals surface area contributed by atoms with E-state index in [4.69, 9.17) is 22.1 Å². The highest BCUT2D eigenvalue weighted by atomic mass is 35.5. The van der Waals surface area contributed by atoms with E-state index in [1.165, 1.54) is 0 Å². The van der Waals surface area contributed by atoms with Crippen LogP contribution < -0.4 is 11.1 Å². The van der Waals surface area contributed by atoms with Gasteiger partial charge in [0.2, 0.25) is 5.91 Å². The smallest absolute Gasteiger partial charge is 0.243 e. The highest BCUT2D eigenvalue weighted by Crippen LogP contribution is 2.20. The number of ether oxygens (including phenoxy) is 1. The Morgan fingerprint density at radius 3 is 2.76 bits per heavy atom. The minimum Gasteiger partial charge on any atom is -0.370 e. The van der Waals surface area contributed by atoms with Crippen molar-refractivity contribution in [3.63, 3.8) is 0 Å². The van der Waals surface area contributed by atoms with Crippen LogP contribution in [0.4, 0.5) is 5.82 Å². The number of anilines is 1. The molecule has 0 radical (unpaired) electrons. The number of carbonyl (C=O) groups is 1. The monoisotopic (exact) mass is 258 g/mol. The van der Waals surface area contributed by atoms with Gasteiger partial charge in [-0.05, 0) is 25.0 Å². The highest BCUT2D eigenvalue weighted by molar-refractivity contribution is 6.30. The molecule has 1 heterocycles. The highest BCUT2D eigenvalue weighted by Gasteiger charge is 2.07. The number of nitrogens with one attached hydrogen (secondary N) is 1. The molecule has 1 rings (SSSR count). The van der Waals surface area contributed by atoms with Crippen LogP contribution in [0.25, 0.3) is 0 Å². The van der Waals surface area contributed by atoms with E-state index >= 15 is 0 Å². The second-order valence-corrected chi connectivity index (χ2v) is 3.89. The zero-order valence-electron chi connectivity index (χ0n) is 9.79. The van der Waals surface area contributed by atoms with E-state index in [9.17, 15) is 4.79 Å². The fourth-order valence-corrected chi connectivity index (χ4v) is 1.34. The van der Waals surface area contributed by atoms with Crippen LogP contribution in [0.5, 0.6) is 0 Å². The summed E-state index contributed by atoms with van der Waals surface area (Å²) in [6.45, 7) is 4.59. The number of halogens is 1. The first kappa shape index (κ1) is 13.7. The van der Waals surface area contributed by atoms with Crippen molar-refractivity contribution in [2.45, 2.75) is 13.8 Å². The summed E-state index contributed by atoms with van der Waals surface area (Å²) < 4.78 is 5.00. The lowest BCUT2D eigenvalue weighted by molar-refractivity contribution is -0.122. The summed E-state index contributed by atoms with van der Waals surface area (Å²) in [6, 6.07) is 0. The van der Waals surface area contributed by atoms with E-state index in [0.29, 0.717) is 24.1 Å². The van der Waals surface area contributed by atoms with Gasteiger partial charge in [0.05, 0.1) is 6.61 Å². The molecule has 1 amide bonds. The maximum absolute atomic E-state index is 10.4. The molecule has 0 aliphatic rings. The van der Waals surface area contributed by atoms with Gasteiger partial charge in [0, 0.05) is 6.54 Å². The molecule has 0 unspecified atom stereocenters. The second-order valence-electron chi connectivity index (χ2n) is 3.54. The van der Waals surface area contributed by atoms with Crippen LogP contribution in [0.15, 0.2) is 0 Å². The molecule has 3 N–H and O–H groups in total. The molecular weight excluding hydrogens is 244 g/mol. The van der Waals surface area contributed by atoms with E-state index in [1.807, 2.05) is 13.8 Å². The fourth-order valence-electron chi connectivity index (χ4n) is 1.16. The normalized spacial score (nSPS) is 10.3. The maximum atomic E-state index is 10.4. The van der Waals surface area contributed by atoms with Gasteiger partial charge in [-0.3, -0.25) is 4.79 Å². The predicted octanol–water partition coefficient (Wildman–Crippen LogP) is 0.661. The summed E-state index contributed by atoms with van der Waals surface area (Å²) in [6.07, 6.45) is 0. The summed E-state index contributed by atoms with van der Waals surface area (Å²) in [4.78, 5) is 10.4. The van der Waals surface area contributed by atoms with Crippen LogP contribution in [-0.4, -0.2) is 35.9 Å². The summed E-state index contributed by atoms with van der Waals surface area (Å²) >= 11 is 5.83. The van der Waals surface area contributed by atoms with Crippen LogP contribution >= 0.6 is 11.6 Å². The first-order valence-electron chi connectivity index (χ1n) is 5.11. The van der Waals surface area contributed by atoms with Crippen molar-refractivity contribution in [1.82, 2.24) is 10.2 Å². The number of carbonyl (C=O) groups excluding carboxylic acids is 1. The number of amides is 1. The molecule has 94 valence electrons. The lowest BCUT2D eigenvalue weighted by Crippen LogP contribution is -2.21. The van der Waals surface area contributed by atoms with Crippen molar-refractivity contribution in [2.24, 2.45) is 5.73 Å². The zero-order chi connectivity index (χ0) is 12.8. The number of hydrogen-bond donors (Lipinski definition) is 2. The molecule has 0 fully saturated rings. The van der Waals surface area contributed by atoms with Crippen molar-refractivity contribution in [1.29, 1.82) is 0 Å². The summed E-state index contributed by atoms with van der Waals surface area (Å²) in [5, 5.41) is 11.2. The van der Waals surface area contributed by atoms with Gasteiger partial charge >= 0.3 is 0 Å². The average Bonchev–Trinajstić information content (AvgIpc) is 2.28. The topological polar surface area (TPSA) is 90.1 Å². The van der Waals surface area contributed by atoms with Crippen molar-refractivity contribution < 1.29 is 9.53 Å². The lowest BCUT2D eigenvalue weighted by atomic mass is 10.2. The maximum Gasteiger partial charge on any atom is 0.243 e. The standard InChI is InChI=1S/C10H15ClN4O2/c1-6-7(2)10(15-14-9(6)11)13-3-4-17-5-8(12)16/h3-5H2,1-2H3,(H2,12,16)(H,13,15). The molecule has 0 bridgehead atoms. The second kappa shape index (κ2) is 6.36. The molecule has 0 saturated heterocycles. The lowest BCUT2D eigenvalue weighted by Gasteiger charge is -2.10. The number of primary amides is 1. The molecule has 0 saturated carbocycles. The SMILES string of the molecule is Cc1c(Cl)nnc(NCCOCC(N)=O)c1C. The van der Waals surface area contributed by atoms with Gasteiger partial charge in [-0.1, -0.05) is 11.6 Å². The van der Waals surface area contributed by atoms with Crippen molar-refractivity contribution in [2.75, 3.05) is 25.1 Å². The molecule has 0 spiro atoms. The van der Waals surface area contributed by atoms with Gasteiger partial charge in [0.25, 0.3) is 0 Å². The summed E-state index contributed by atoms with van der Waals surface area (Å²) in [5.41, 5.74) is 6.76. The Morgan fingerprint density at radius 1 is 1.41 bits per heavy atom. The third-order valence-electron chi connectivity index (χ3n) is 2.25. The van der Waals surface area contributed by atoms with E-state index in [1.54, 1.807) is 0 Å². The van der Waals surface area contributed by atoms with Crippen LogP contribution in [0, 0.1) is 13.8 Å². The van der Waals surface area contributed by atoms with Gasteiger partial charge in [-0.2, -0.15) is 0 Å². The summed E-state index contributed by atoms with van der Waals surface area (Å²) in [7, 11) is 0. The first-order valence-corrected chi connectivity index (χ1v) is 5.49. The Labute approximate surface area is 104 Å². The number of nitrogens with zero attached hydrogens (tertiary/aromatic N) is 2. The van der Waals surface area contributed by atoms with Crippen molar-refractivity contribution >= 4 is 23.3 Å². The van der Waals surface area contributed by atoms with Crippen LogP contribution in [0.2, 0.25) is 5.15 Å². The number of aromatic nitrogens is 2. The Morgan fingerprint density at radius 2 is 2.12 bits per heavy atom. The molecule has 0 aromatic carbocycles. The van der Waals surface area contributed by atoms with Gasteiger partial charge in [0.15, 0.2) is 11.0 Å². The first-order chi connectivity index (χ1) is 8.02. The average molecular weight is 259 g/mol. The minimum atomic E-state index is -0.483. The van der Waals surface area contributed by atoms with Gasteiger partial charge in [0.1, 0.15) is 6.61 Å². The minimum absolute atomic E-state index is 0.0774. The largest absolute Gasteiger partial charge is 0.370 e. The van der Waals surface area contributed by atoms with E-state index in [0.717, 1.165) is 11.1 Å². The number of rotatable bonds is 6. The Balaban J connectivity index is 2.42. The van der Waals surface area contributed by atoms with Crippen LogP contribution in [0.1, 0.15) is 11.1 Å². The third kappa shape index (κ3) is 4.16. The number of hydrogen-bond acceptors (Lipinski definition) is 5.